The molecular formula is C12H12F3NO2. The zero-order chi connectivity index (χ0) is 13.9. The topological polar surface area (TPSA) is 64.2 Å². The lowest BCUT2D eigenvalue weighted by atomic mass is 9.96. The molecule has 1 aromatic rings. The summed E-state index contributed by atoms with van der Waals surface area (Å²) < 4.78 is 37.5. The number of alkyl halides is 3. The normalized spacial score (nSPS) is 14.9. The Bertz CT molecular complexity index is 465. The number of aryl methyl sites for hydroxylation is 1. The number of nitrogens with zero attached hydrogens (tertiary/aromatic N) is 1. The van der Waals surface area contributed by atoms with Gasteiger partial charge >= 0.3 is 6.18 Å². The summed E-state index contributed by atoms with van der Waals surface area (Å²) >= 11 is 0. The van der Waals surface area contributed by atoms with Crippen molar-refractivity contribution < 1.29 is 23.4 Å². The molecule has 2 N–H and O–H groups in total. The molecule has 0 aliphatic carbocycles. The molecule has 0 saturated heterocycles. The van der Waals surface area contributed by atoms with Gasteiger partial charge in [0.05, 0.1) is 24.2 Å². The summed E-state index contributed by atoms with van der Waals surface area (Å²) in [7, 11) is 0. The van der Waals surface area contributed by atoms with Crippen LogP contribution in [-0.2, 0) is 6.18 Å². The maximum Gasteiger partial charge on any atom is 0.416 e. The Morgan fingerprint density at radius 3 is 2.44 bits per heavy atom. The van der Waals surface area contributed by atoms with E-state index in [1.54, 1.807) is 6.07 Å². The molecule has 0 spiro atoms. The Kier molecular flexibility index (Phi) is 4.33. The molecule has 1 aromatic carbocycles. The van der Waals surface area contributed by atoms with Crippen molar-refractivity contribution in [2.24, 2.45) is 0 Å². The molecule has 98 valence electrons. The van der Waals surface area contributed by atoms with Crippen LogP contribution in [0.25, 0.3) is 0 Å². The van der Waals surface area contributed by atoms with Crippen LogP contribution >= 0.6 is 0 Å². The molecule has 0 bridgehead atoms. The number of halogens is 3. The van der Waals surface area contributed by atoms with Crippen molar-refractivity contribution in [3.8, 4) is 6.07 Å². The first-order chi connectivity index (χ1) is 8.27. The van der Waals surface area contributed by atoms with Crippen LogP contribution in [-0.4, -0.2) is 16.3 Å². The van der Waals surface area contributed by atoms with E-state index in [4.69, 9.17) is 5.26 Å². The van der Waals surface area contributed by atoms with E-state index in [0.717, 1.165) is 12.1 Å². The van der Waals surface area contributed by atoms with Crippen molar-refractivity contribution in [1.82, 2.24) is 0 Å². The third-order valence-electron chi connectivity index (χ3n) is 2.59. The highest BCUT2D eigenvalue weighted by atomic mass is 19.4. The maximum absolute atomic E-state index is 12.5. The van der Waals surface area contributed by atoms with Crippen molar-refractivity contribution in [3.05, 3.63) is 34.9 Å². The third-order valence-corrected chi connectivity index (χ3v) is 2.59. The highest BCUT2D eigenvalue weighted by Gasteiger charge is 2.32. The largest absolute Gasteiger partial charge is 0.416 e. The number of rotatable bonds is 3. The van der Waals surface area contributed by atoms with Crippen molar-refractivity contribution >= 4 is 0 Å². The van der Waals surface area contributed by atoms with Crippen LogP contribution in [0.5, 0.6) is 0 Å². The Balaban J connectivity index is 3.12. The monoisotopic (exact) mass is 259 g/mol. The third kappa shape index (κ3) is 3.22. The fourth-order valence-corrected chi connectivity index (χ4v) is 1.55. The predicted octanol–water partition coefficient (Wildman–Crippen LogP) is 2.32. The first-order valence-electron chi connectivity index (χ1n) is 5.18. The van der Waals surface area contributed by atoms with Gasteiger partial charge in [0.25, 0.3) is 0 Å². The molecule has 0 aliphatic rings. The zero-order valence-corrected chi connectivity index (χ0v) is 9.57. The van der Waals surface area contributed by atoms with Gasteiger partial charge in [-0.1, -0.05) is 6.07 Å². The van der Waals surface area contributed by atoms with Gasteiger partial charge in [-0.2, -0.15) is 18.4 Å². The SMILES string of the molecule is Cc1ccc(C(F)(F)F)cc1C(O)C(O)CC#N. The number of aliphatic hydroxyl groups excluding tert-OH is 2. The van der Waals surface area contributed by atoms with Gasteiger partial charge in [-0.15, -0.1) is 0 Å². The molecule has 0 aliphatic heterocycles. The van der Waals surface area contributed by atoms with Crippen molar-refractivity contribution in [3.63, 3.8) is 0 Å². The number of aliphatic hydroxyl groups is 2. The average molecular weight is 259 g/mol. The second-order valence-corrected chi connectivity index (χ2v) is 3.94. The molecule has 0 heterocycles. The van der Waals surface area contributed by atoms with E-state index in [9.17, 15) is 23.4 Å². The Morgan fingerprint density at radius 1 is 1.33 bits per heavy atom. The van der Waals surface area contributed by atoms with Crippen LogP contribution < -0.4 is 0 Å². The highest BCUT2D eigenvalue weighted by molar-refractivity contribution is 5.34. The molecule has 0 aromatic heterocycles. The molecular weight excluding hydrogens is 247 g/mol. The Hall–Kier alpha value is -1.58. The van der Waals surface area contributed by atoms with Gasteiger partial charge < -0.3 is 10.2 Å². The van der Waals surface area contributed by atoms with Crippen LogP contribution in [0.1, 0.15) is 29.2 Å². The van der Waals surface area contributed by atoms with Gasteiger partial charge in [-0.05, 0) is 30.2 Å². The van der Waals surface area contributed by atoms with Gasteiger partial charge in [-0.3, -0.25) is 0 Å². The summed E-state index contributed by atoms with van der Waals surface area (Å²) in [5.74, 6) is 0. The van der Waals surface area contributed by atoms with E-state index in [-0.39, 0.29) is 12.0 Å². The van der Waals surface area contributed by atoms with Gasteiger partial charge in [0.2, 0.25) is 0 Å². The van der Waals surface area contributed by atoms with Crippen molar-refractivity contribution in [2.45, 2.75) is 31.7 Å². The Labute approximate surface area is 102 Å². The lowest BCUT2D eigenvalue weighted by molar-refractivity contribution is -0.137. The van der Waals surface area contributed by atoms with Gasteiger partial charge in [0, 0.05) is 0 Å². The van der Waals surface area contributed by atoms with Crippen LogP contribution in [0.2, 0.25) is 0 Å². The standard InChI is InChI=1S/C12H12F3NO2/c1-7-2-3-8(12(13,14)15)6-9(7)11(18)10(17)4-5-16/h2-3,6,10-11,17-18H,4H2,1H3. The summed E-state index contributed by atoms with van der Waals surface area (Å²) in [5.41, 5.74) is -0.494. The average Bonchev–Trinajstić information content (AvgIpc) is 2.27. The molecule has 0 radical (unpaired) electrons. The van der Waals surface area contributed by atoms with E-state index in [0.29, 0.717) is 5.56 Å². The van der Waals surface area contributed by atoms with Crippen molar-refractivity contribution in [2.75, 3.05) is 0 Å². The van der Waals surface area contributed by atoms with E-state index >= 15 is 0 Å². The summed E-state index contributed by atoms with van der Waals surface area (Å²) in [6, 6.07) is 4.57. The van der Waals surface area contributed by atoms with Crippen LogP contribution in [0.15, 0.2) is 18.2 Å². The Morgan fingerprint density at radius 2 is 1.94 bits per heavy atom. The summed E-state index contributed by atoms with van der Waals surface area (Å²) in [4.78, 5) is 0. The minimum Gasteiger partial charge on any atom is -0.389 e. The van der Waals surface area contributed by atoms with E-state index in [1.165, 1.54) is 13.0 Å². The maximum atomic E-state index is 12.5. The molecule has 0 fully saturated rings. The van der Waals surface area contributed by atoms with E-state index in [1.807, 2.05) is 0 Å². The molecule has 0 amide bonds. The lowest BCUT2D eigenvalue weighted by Crippen LogP contribution is -2.19. The number of benzene rings is 1. The fourth-order valence-electron chi connectivity index (χ4n) is 1.55. The molecule has 3 nitrogen and oxygen atoms in total. The minimum atomic E-state index is -4.51. The molecule has 2 atom stereocenters. The van der Waals surface area contributed by atoms with Gasteiger partial charge in [-0.25, -0.2) is 0 Å². The van der Waals surface area contributed by atoms with Crippen LogP contribution in [0, 0.1) is 18.3 Å². The van der Waals surface area contributed by atoms with E-state index < -0.39 is 23.9 Å². The first-order valence-corrected chi connectivity index (χ1v) is 5.18. The number of nitriles is 1. The molecule has 0 saturated carbocycles. The zero-order valence-electron chi connectivity index (χ0n) is 9.57. The number of hydrogen-bond donors (Lipinski definition) is 2. The van der Waals surface area contributed by atoms with E-state index in [2.05, 4.69) is 0 Å². The summed E-state index contributed by atoms with van der Waals surface area (Å²) in [5, 5.41) is 27.5. The molecule has 1 rings (SSSR count). The molecule has 6 heteroatoms. The molecule has 18 heavy (non-hydrogen) atoms. The molecule has 2 unspecified atom stereocenters. The fraction of sp³-hybridized carbons (Fsp3) is 0.417. The van der Waals surface area contributed by atoms with Crippen LogP contribution in [0.4, 0.5) is 13.2 Å². The second-order valence-electron chi connectivity index (χ2n) is 3.94. The van der Waals surface area contributed by atoms with Crippen LogP contribution in [0.3, 0.4) is 0 Å². The first kappa shape index (κ1) is 14.5. The smallest absolute Gasteiger partial charge is 0.389 e. The summed E-state index contributed by atoms with van der Waals surface area (Å²) in [6.07, 6.45) is -7.77. The highest BCUT2D eigenvalue weighted by Crippen LogP contribution is 2.33. The number of hydrogen-bond acceptors (Lipinski definition) is 3. The minimum absolute atomic E-state index is 0.0208. The quantitative estimate of drug-likeness (QED) is 0.875. The van der Waals surface area contributed by atoms with Crippen molar-refractivity contribution in [1.29, 1.82) is 5.26 Å². The second kappa shape index (κ2) is 5.38. The van der Waals surface area contributed by atoms with Gasteiger partial charge in [0.15, 0.2) is 0 Å². The predicted molar refractivity (Wildman–Crippen MR) is 57.4 cm³/mol. The lowest BCUT2D eigenvalue weighted by Gasteiger charge is -2.19. The van der Waals surface area contributed by atoms with Gasteiger partial charge in [0.1, 0.15) is 6.10 Å². The summed E-state index contributed by atoms with van der Waals surface area (Å²) in [6.45, 7) is 1.53.